The fourth-order valence-corrected chi connectivity index (χ4v) is 3.36. The van der Waals surface area contributed by atoms with E-state index in [2.05, 4.69) is 62.4 Å². The second kappa shape index (κ2) is 6.22. The molecule has 0 aliphatic carbocycles. The fourth-order valence-electron chi connectivity index (χ4n) is 3.21. The second-order valence-electron chi connectivity index (χ2n) is 5.94. The number of halogens is 1. The minimum absolute atomic E-state index is 0.530. The molecule has 0 atom stereocenters. The van der Waals surface area contributed by atoms with Crippen molar-refractivity contribution in [2.45, 2.75) is 6.54 Å². The highest BCUT2D eigenvalue weighted by molar-refractivity contribution is 6.29. The molecule has 23 heavy (non-hydrogen) atoms. The SMILES string of the molecule is Clc1ccc2c(CN3CCN(c4ccccc4)CC3)c[nH]c2n1. The highest BCUT2D eigenvalue weighted by Crippen LogP contribution is 2.22. The second-order valence-corrected chi connectivity index (χ2v) is 6.33. The first-order valence-corrected chi connectivity index (χ1v) is 8.32. The third-order valence-corrected chi connectivity index (χ3v) is 4.69. The summed E-state index contributed by atoms with van der Waals surface area (Å²) in [7, 11) is 0. The Morgan fingerprint density at radius 3 is 2.57 bits per heavy atom. The number of hydrogen-bond donors (Lipinski definition) is 1. The standard InChI is InChI=1S/C18H19ClN4/c19-17-7-6-16-14(12-20-18(16)21-17)13-22-8-10-23(11-9-22)15-4-2-1-3-5-15/h1-7,12H,8-11,13H2,(H,20,21). The maximum absolute atomic E-state index is 5.95. The lowest BCUT2D eigenvalue weighted by Crippen LogP contribution is -2.45. The average Bonchev–Trinajstić information content (AvgIpc) is 2.98. The Morgan fingerprint density at radius 2 is 1.78 bits per heavy atom. The third kappa shape index (κ3) is 3.05. The van der Waals surface area contributed by atoms with Crippen LogP contribution in [-0.2, 0) is 6.54 Å². The molecule has 3 aromatic rings. The first-order chi connectivity index (χ1) is 11.3. The maximum atomic E-state index is 5.95. The van der Waals surface area contributed by atoms with Gasteiger partial charge < -0.3 is 9.88 Å². The summed E-state index contributed by atoms with van der Waals surface area (Å²) in [6, 6.07) is 14.6. The van der Waals surface area contributed by atoms with E-state index < -0.39 is 0 Å². The number of nitrogens with one attached hydrogen (secondary N) is 1. The van der Waals surface area contributed by atoms with Crippen molar-refractivity contribution in [1.29, 1.82) is 0 Å². The van der Waals surface area contributed by atoms with E-state index in [0.29, 0.717) is 5.15 Å². The summed E-state index contributed by atoms with van der Waals surface area (Å²) < 4.78 is 0. The van der Waals surface area contributed by atoms with E-state index in [1.807, 2.05) is 6.07 Å². The predicted octanol–water partition coefficient (Wildman–Crippen LogP) is 3.54. The molecule has 0 saturated carbocycles. The summed E-state index contributed by atoms with van der Waals surface area (Å²) in [5.41, 5.74) is 3.48. The van der Waals surface area contributed by atoms with Crippen LogP contribution in [0.2, 0.25) is 5.15 Å². The average molecular weight is 327 g/mol. The van der Waals surface area contributed by atoms with Crippen LogP contribution < -0.4 is 4.90 Å². The maximum Gasteiger partial charge on any atom is 0.139 e. The highest BCUT2D eigenvalue weighted by Gasteiger charge is 2.18. The Kier molecular flexibility index (Phi) is 3.93. The number of piperazine rings is 1. The van der Waals surface area contributed by atoms with Gasteiger partial charge >= 0.3 is 0 Å². The molecule has 0 bridgehead atoms. The largest absolute Gasteiger partial charge is 0.369 e. The van der Waals surface area contributed by atoms with E-state index >= 15 is 0 Å². The van der Waals surface area contributed by atoms with E-state index in [9.17, 15) is 0 Å². The lowest BCUT2D eigenvalue weighted by molar-refractivity contribution is 0.250. The molecule has 0 unspecified atom stereocenters. The molecule has 5 heteroatoms. The van der Waals surface area contributed by atoms with Gasteiger partial charge in [-0.25, -0.2) is 4.98 Å². The smallest absolute Gasteiger partial charge is 0.139 e. The van der Waals surface area contributed by atoms with Crippen molar-refractivity contribution in [1.82, 2.24) is 14.9 Å². The van der Waals surface area contributed by atoms with Gasteiger partial charge in [-0.15, -0.1) is 0 Å². The molecule has 1 aromatic carbocycles. The van der Waals surface area contributed by atoms with Crippen LogP contribution in [0.25, 0.3) is 11.0 Å². The summed E-state index contributed by atoms with van der Waals surface area (Å²) in [6.45, 7) is 5.23. The molecule has 0 radical (unpaired) electrons. The van der Waals surface area contributed by atoms with E-state index in [-0.39, 0.29) is 0 Å². The van der Waals surface area contributed by atoms with Crippen LogP contribution in [0, 0.1) is 0 Å². The van der Waals surface area contributed by atoms with Gasteiger partial charge in [0.1, 0.15) is 10.8 Å². The van der Waals surface area contributed by atoms with Gasteiger partial charge in [-0.3, -0.25) is 4.90 Å². The van der Waals surface area contributed by atoms with Crippen LogP contribution in [0.5, 0.6) is 0 Å². The summed E-state index contributed by atoms with van der Waals surface area (Å²) >= 11 is 5.95. The number of H-pyrrole nitrogens is 1. The van der Waals surface area contributed by atoms with Gasteiger partial charge in [0.15, 0.2) is 0 Å². The van der Waals surface area contributed by atoms with Crippen molar-refractivity contribution in [3.8, 4) is 0 Å². The van der Waals surface area contributed by atoms with Gasteiger partial charge in [-0.1, -0.05) is 29.8 Å². The van der Waals surface area contributed by atoms with Crippen molar-refractivity contribution < 1.29 is 0 Å². The highest BCUT2D eigenvalue weighted by atomic mass is 35.5. The first kappa shape index (κ1) is 14.5. The molecule has 1 fully saturated rings. The van der Waals surface area contributed by atoms with Crippen LogP contribution in [0.1, 0.15) is 5.56 Å². The predicted molar refractivity (Wildman–Crippen MR) is 95.0 cm³/mol. The van der Waals surface area contributed by atoms with Gasteiger partial charge in [0.25, 0.3) is 0 Å². The number of fused-ring (bicyclic) bond motifs is 1. The number of aromatic amines is 1. The molecule has 118 valence electrons. The van der Waals surface area contributed by atoms with Crippen LogP contribution in [0.15, 0.2) is 48.7 Å². The Balaban J connectivity index is 1.43. The van der Waals surface area contributed by atoms with Crippen molar-refractivity contribution in [2.24, 2.45) is 0 Å². The number of pyridine rings is 1. The van der Waals surface area contributed by atoms with Gasteiger partial charge in [0, 0.05) is 50.0 Å². The zero-order valence-electron chi connectivity index (χ0n) is 12.9. The normalized spacial score (nSPS) is 16.1. The molecule has 3 heterocycles. The molecule has 4 rings (SSSR count). The molecule has 1 N–H and O–H groups in total. The number of nitrogens with zero attached hydrogens (tertiary/aromatic N) is 3. The van der Waals surface area contributed by atoms with Gasteiger partial charge in [0.2, 0.25) is 0 Å². The van der Waals surface area contributed by atoms with Gasteiger partial charge in [-0.05, 0) is 29.8 Å². The lowest BCUT2D eigenvalue weighted by Gasteiger charge is -2.36. The lowest BCUT2D eigenvalue weighted by atomic mass is 10.2. The zero-order chi connectivity index (χ0) is 15.6. The van der Waals surface area contributed by atoms with Crippen LogP contribution in [0.3, 0.4) is 0 Å². The third-order valence-electron chi connectivity index (χ3n) is 4.48. The number of anilines is 1. The minimum Gasteiger partial charge on any atom is -0.369 e. The zero-order valence-corrected chi connectivity index (χ0v) is 13.6. The first-order valence-electron chi connectivity index (χ1n) is 7.94. The summed E-state index contributed by atoms with van der Waals surface area (Å²) in [4.78, 5) is 12.5. The fraction of sp³-hybridized carbons (Fsp3) is 0.278. The van der Waals surface area contributed by atoms with E-state index in [0.717, 1.165) is 38.4 Å². The number of hydrogen-bond acceptors (Lipinski definition) is 3. The molecule has 1 aliphatic heterocycles. The number of para-hydroxylation sites is 1. The van der Waals surface area contributed by atoms with E-state index in [1.165, 1.54) is 16.6 Å². The summed E-state index contributed by atoms with van der Waals surface area (Å²) in [5, 5.41) is 1.70. The number of benzene rings is 1. The molecular weight excluding hydrogens is 308 g/mol. The molecule has 1 aliphatic rings. The van der Waals surface area contributed by atoms with Crippen LogP contribution >= 0.6 is 11.6 Å². The molecule has 4 nitrogen and oxygen atoms in total. The van der Waals surface area contributed by atoms with Crippen LogP contribution in [0.4, 0.5) is 5.69 Å². The Bertz CT molecular complexity index is 791. The number of rotatable bonds is 3. The molecule has 1 saturated heterocycles. The summed E-state index contributed by atoms with van der Waals surface area (Å²) in [5.74, 6) is 0. The van der Waals surface area contributed by atoms with Crippen LogP contribution in [-0.4, -0.2) is 41.0 Å². The van der Waals surface area contributed by atoms with Crippen molar-refractivity contribution in [3.05, 3.63) is 59.4 Å². The Labute approximate surface area is 140 Å². The summed E-state index contributed by atoms with van der Waals surface area (Å²) in [6.07, 6.45) is 2.05. The van der Waals surface area contributed by atoms with Gasteiger partial charge in [0.05, 0.1) is 0 Å². The van der Waals surface area contributed by atoms with E-state index in [4.69, 9.17) is 11.6 Å². The van der Waals surface area contributed by atoms with Crippen molar-refractivity contribution in [3.63, 3.8) is 0 Å². The molecular formula is C18H19ClN4. The molecule has 0 spiro atoms. The quantitative estimate of drug-likeness (QED) is 0.748. The van der Waals surface area contributed by atoms with E-state index in [1.54, 1.807) is 0 Å². The monoisotopic (exact) mass is 326 g/mol. The Morgan fingerprint density at radius 1 is 1.00 bits per heavy atom. The minimum atomic E-state index is 0.530. The van der Waals surface area contributed by atoms with Crippen molar-refractivity contribution >= 4 is 28.3 Å². The Hall–Kier alpha value is -2.04. The number of aromatic nitrogens is 2. The molecule has 0 amide bonds. The van der Waals surface area contributed by atoms with Crippen molar-refractivity contribution in [2.75, 3.05) is 31.1 Å². The molecule has 2 aromatic heterocycles. The topological polar surface area (TPSA) is 35.2 Å². The van der Waals surface area contributed by atoms with Gasteiger partial charge in [-0.2, -0.15) is 0 Å².